The minimum absolute atomic E-state index is 0.0919. The molecule has 0 heterocycles. The predicted octanol–water partition coefficient (Wildman–Crippen LogP) is 7.37. The molecule has 3 aromatic carbocycles. The summed E-state index contributed by atoms with van der Waals surface area (Å²) < 4.78 is 63.2. The number of benzene rings is 3. The van der Waals surface area contributed by atoms with Crippen molar-refractivity contribution in [2.75, 3.05) is 11.8 Å². The van der Waals surface area contributed by atoms with Gasteiger partial charge in [0, 0.05) is 11.6 Å². The lowest BCUT2D eigenvalue weighted by Gasteiger charge is -2.33. The number of carboxylic acid groups (broad SMARTS) is 1. The predicted molar refractivity (Wildman–Crippen MR) is 147 cm³/mol. The van der Waals surface area contributed by atoms with Crippen molar-refractivity contribution in [2.24, 2.45) is 11.3 Å². The van der Waals surface area contributed by atoms with Crippen molar-refractivity contribution in [2.45, 2.75) is 44.9 Å². The summed E-state index contributed by atoms with van der Waals surface area (Å²) in [5.74, 6) is -3.28. The van der Waals surface area contributed by atoms with Crippen LogP contribution in [0, 0.1) is 23.0 Å². The van der Waals surface area contributed by atoms with Gasteiger partial charge in [0.1, 0.15) is 16.5 Å². The summed E-state index contributed by atoms with van der Waals surface area (Å²) in [6, 6.07) is 12.9. The van der Waals surface area contributed by atoms with Crippen LogP contribution in [0.3, 0.4) is 0 Å². The molecule has 6 nitrogen and oxygen atoms in total. The third-order valence-electron chi connectivity index (χ3n) is 7.22. The number of sulfonamides is 1. The molecule has 39 heavy (non-hydrogen) atoms. The standard InChI is InChI=1S/C30H31F2NO5S/c1-30(2,3)21-14-12-19(13-15-21)18-8-10-20(11-9-18)22-6-5-7-27(28(22)32)39(36,37)33-25-17-24(31)23(29(34)35)16-26(25)38-4/h5-12,16-17,21,33H,13-15H2,1-4H3,(H,34,35)/t21-/m0/s1. The van der Waals surface area contributed by atoms with Crippen LogP contribution in [-0.2, 0) is 10.0 Å². The first-order valence-corrected chi connectivity index (χ1v) is 14.0. The maximum absolute atomic E-state index is 15.6. The number of carbonyl (C=O) groups is 1. The molecule has 1 aliphatic carbocycles. The van der Waals surface area contributed by atoms with Gasteiger partial charge in [-0.15, -0.1) is 0 Å². The third-order valence-corrected chi connectivity index (χ3v) is 8.60. The van der Waals surface area contributed by atoms with Crippen LogP contribution in [0.4, 0.5) is 14.5 Å². The van der Waals surface area contributed by atoms with Gasteiger partial charge in [-0.3, -0.25) is 4.72 Å². The van der Waals surface area contributed by atoms with Crippen molar-refractivity contribution in [3.05, 3.63) is 83.4 Å². The van der Waals surface area contributed by atoms with Crippen LogP contribution in [0.2, 0.25) is 0 Å². The van der Waals surface area contributed by atoms with Crippen LogP contribution in [0.1, 0.15) is 56.0 Å². The molecule has 1 atom stereocenters. The van der Waals surface area contributed by atoms with Gasteiger partial charge < -0.3 is 9.84 Å². The van der Waals surface area contributed by atoms with E-state index in [4.69, 9.17) is 9.84 Å². The van der Waals surface area contributed by atoms with Crippen molar-refractivity contribution < 1.29 is 31.8 Å². The zero-order valence-electron chi connectivity index (χ0n) is 22.2. The highest BCUT2D eigenvalue weighted by Crippen LogP contribution is 2.40. The van der Waals surface area contributed by atoms with Gasteiger partial charge in [0.25, 0.3) is 10.0 Å². The van der Waals surface area contributed by atoms with Crippen LogP contribution in [-0.4, -0.2) is 26.6 Å². The number of methoxy groups -OCH3 is 1. The Balaban J connectivity index is 1.61. The number of aromatic carboxylic acids is 1. The van der Waals surface area contributed by atoms with Crippen LogP contribution < -0.4 is 9.46 Å². The van der Waals surface area contributed by atoms with Crippen LogP contribution in [0.25, 0.3) is 16.7 Å². The van der Waals surface area contributed by atoms with Gasteiger partial charge in [0.15, 0.2) is 5.82 Å². The number of carboxylic acids is 1. The summed E-state index contributed by atoms with van der Waals surface area (Å²) in [5.41, 5.74) is 2.10. The average Bonchev–Trinajstić information content (AvgIpc) is 2.88. The zero-order chi connectivity index (χ0) is 28.5. The summed E-state index contributed by atoms with van der Waals surface area (Å²) in [4.78, 5) is 10.6. The Kier molecular flexibility index (Phi) is 7.84. The molecular weight excluding hydrogens is 524 g/mol. The fraction of sp³-hybridized carbons (Fsp3) is 0.300. The Bertz CT molecular complexity index is 1540. The minimum Gasteiger partial charge on any atom is -0.495 e. The molecule has 3 aromatic rings. The van der Waals surface area contributed by atoms with Crippen LogP contribution in [0.15, 0.2) is 65.6 Å². The van der Waals surface area contributed by atoms with Gasteiger partial charge in [-0.1, -0.05) is 63.2 Å². The van der Waals surface area contributed by atoms with Gasteiger partial charge in [0.05, 0.1) is 18.4 Å². The molecule has 4 rings (SSSR count). The Labute approximate surface area is 227 Å². The molecule has 0 saturated heterocycles. The van der Waals surface area contributed by atoms with Gasteiger partial charge in [-0.25, -0.2) is 22.0 Å². The highest BCUT2D eigenvalue weighted by Gasteiger charge is 2.27. The SMILES string of the molecule is COc1cc(C(=O)O)c(F)cc1NS(=O)(=O)c1cccc(-c2ccc(C3=CC[C@H](C(C)(C)C)CC3)cc2)c1F. The van der Waals surface area contributed by atoms with E-state index in [2.05, 4.69) is 31.6 Å². The van der Waals surface area contributed by atoms with Crippen LogP contribution >= 0.6 is 0 Å². The summed E-state index contributed by atoms with van der Waals surface area (Å²) in [6.45, 7) is 6.77. The number of halogens is 2. The molecule has 0 radical (unpaired) electrons. The first kappa shape index (κ1) is 28.3. The van der Waals surface area contributed by atoms with E-state index in [1.54, 1.807) is 12.1 Å². The number of rotatable bonds is 7. The van der Waals surface area contributed by atoms with E-state index < -0.39 is 38.1 Å². The van der Waals surface area contributed by atoms with Crippen molar-refractivity contribution in [1.82, 2.24) is 0 Å². The second-order valence-corrected chi connectivity index (χ2v) is 12.4. The maximum Gasteiger partial charge on any atom is 0.338 e. The molecule has 0 unspecified atom stereocenters. The lowest BCUT2D eigenvalue weighted by Crippen LogP contribution is -2.21. The molecule has 206 valence electrons. The first-order valence-electron chi connectivity index (χ1n) is 12.5. The van der Waals surface area contributed by atoms with Crippen molar-refractivity contribution >= 4 is 27.3 Å². The van der Waals surface area contributed by atoms with Gasteiger partial charge in [-0.05, 0) is 59.4 Å². The average molecular weight is 556 g/mol. The zero-order valence-corrected chi connectivity index (χ0v) is 23.0. The summed E-state index contributed by atoms with van der Waals surface area (Å²) in [7, 11) is -3.35. The first-order chi connectivity index (χ1) is 18.3. The number of ether oxygens (including phenoxy) is 1. The number of allylic oxidation sites excluding steroid dienone is 2. The monoisotopic (exact) mass is 555 g/mol. The topological polar surface area (TPSA) is 92.7 Å². The van der Waals surface area contributed by atoms with E-state index in [0.717, 1.165) is 37.0 Å². The van der Waals surface area contributed by atoms with E-state index >= 15 is 4.39 Å². The number of hydrogen-bond donors (Lipinski definition) is 2. The molecular formula is C30H31F2NO5S. The lowest BCUT2D eigenvalue weighted by atomic mass is 9.72. The highest BCUT2D eigenvalue weighted by molar-refractivity contribution is 7.92. The van der Waals surface area contributed by atoms with Gasteiger partial charge in [-0.2, -0.15) is 0 Å². The third kappa shape index (κ3) is 5.98. The summed E-state index contributed by atoms with van der Waals surface area (Å²) in [5, 5.41) is 9.11. The number of hydrogen-bond acceptors (Lipinski definition) is 4. The molecule has 2 N–H and O–H groups in total. The van der Waals surface area contributed by atoms with Crippen molar-refractivity contribution in [3.63, 3.8) is 0 Å². The fourth-order valence-electron chi connectivity index (χ4n) is 4.85. The maximum atomic E-state index is 15.6. The van der Waals surface area contributed by atoms with E-state index in [1.165, 1.54) is 24.8 Å². The van der Waals surface area contributed by atoms with E-state index in [-0.39, 0.29) is 22.4 Å². The molecule has 0 aliphatic heterocycles. The molecule has 0 saturated carbocycles. The van der Waals surface area contributed by atoms with E-state index in [9.17, 15) is 17.6 Å². The smallest absolute Gasteiger partial charge is 0.338 e. The van der Waals surface area contributed by atoms with Crippen LogP contribution in [0.5, 0.6) is 5.75 Å². The van der Waals surface area contributed by atoms with Crippen molar-refractivity contribution in [3.8, 4) is 16.9 Å². The summed E-state index contributed by atoms with van der Waals surface area (Å²) >= 11 is 0. The second-order valence-electron chi connectivity index (χ2n) is 10.7. The quantitative estimate of drug-likeness (QED) is 0.318. The van der Waals surface area contributed by atoms with Gasteiger partial charge in [0.2, 0.25) is 0 Å². The molecule has 0 aromatic heterocycles. The molecule has 0 bridgehead atoms. The largest absolute Gasteiger partial charge is 0.495 e. The minimum atomic E-state index is -4.53. The number of anilines is 1. The molecule has 1 aliphatic rings. The lowest BCUT2D eigenvalue weighted by molar-refractivity contribution is 0.0691. The molecule has 0 amide bonds. The Hall–Kier alpha value is -3.72. The van der Waals surface area contributed by atoms with Crippen molar-refractivity contribution in [1.29, 1.82) is 0 Å². The second kappa shape index (κ2) is 10.8. The van der Waals surface area contributed by atoms with E-state index in [0.29, 0.717) is 17.5 Å². The highest BCUT2D eigenvalue weighted by atomic mass is 32.2. The normalized spacial score (nSPS) is 15.9. The fourth-order valence-corrected chi connectivity index (χ4v) is 6.02. The summed E-state index contributed by atoms with van der Waals surface area (Å²) in [6.07, 6.45) is 5.35. The Morgan fingerprint density at radius 1 is 1.05 bits per heavy atom. The number of nitrogens with one attached hydrogen (secondary N) is 1. The molecule has 9 heteroatoms. The van der Waals surface area contributed by atoms with E-state index in [1.807, 2.05) is 12.1 Å². The Morgan fingerprint density at radius 3 is 2.28 bits per heavy atom. The van der Waals surface area contributed by atoms with Gasteiger partial charge >= 0.3 is 5.97 Å². The molecule has 0 fully saturated rings. The Morgan fingerprint density at radius 2 is 1.72 bits per heavy atom. The molecule has 0 spiro atoms.